The number of carbonyl (C=O) groups excluding carboxylic acids is 2. The molecule has 2 heterocycles. The number of anilines is 1. The molecule has 3 rings (SSSR count). The van der Waals surface area contributed by atoms with Crippen LogP contribution in [0.15, 0.2) is 22.7 Å². The Balaban J connectivity index is 2.33. The van der Waals surface area contributed by atoms with E-state index in [1.54, 1.807) is 30.6 Å². The van der Waals surface area contributed by atoms with Gasteiger partial charge in [0, 0.05) is 27.1 Å². The second-order valence-electron chi connectivity index (χ2n) is 7.35. The van der Waals surface area contributed by atoms with Crippen molar-refractivity contribution in [2.24, 2.45) is 5.73 Å². The summed E-state index contributed by atoms with van der Waals surface area (Å²) >= 11 is 3.42. The van der Waals surface area contributed by atoms with E-state index in [1.807, 2.05) is 30.9 Å². The molecule has 4 N–H and O–H groups in total. The zero-order valence-electron chi connectivity index (χ0n) is 17.8. The Labute approximate surface area is 188 Å². The van der Waals surface area contributed by atoms with Crippen LogP contribution in [0.4, 0.5) is 5.69 Å². The van der Waals surface area contributed by atoms with Crippen molar-refractivity contribution in [2.75, 3.05) is 18.4 Å². The largest absolute Gasteiger partial charge is 0.478 e. The molecule has 0 fully saturated rings. The van der Waals surface area contributed by atoms with Crippen molar-refractivity contribution in [1.82, 2.24) is 9.47 Å². The van der Waals surface area contributed by atoms with Gasteiger partial charge in [0.05, 0.1) is 11.1 Å². The quantitative estimate of drug-likeness (QED) is 0.516. The van der Waals surface area contributed by atoms with Crippen molar-refractivity contribution in [2.45, 2.75) is 33.9 Å². The molecule has 0 bridgehead atoms. The van der Waals surface area contributed by atoms with Gasteiger partial charge in [-0.3, -0.25) is 14.5 Å². The molecule has 0 saturated heterocycles. The molecule has 1 aliphatic rings. The number of carboxylic acid groups (broad SMARTS) is 1. The highest BCUT2D eigenvalue weighted by Gasteiger charge is 2.33. The first-order valence-corrected chi connectivity index (χ1v) is 10.7. The maximum absolute atomic E-state index is 12.7. The number of nitrogens with zero attached hydrogens (tertiary/aromatic N) is 2. The molecule has 164 valence electrons. The summed E-state index contributed by atoms with van der Waals surface area (Å²) in [6.45, 7) is 8.20. The van der Waals surface area contributed by atoms with Crippen LogP contribution >= 0.6 is 15.9 Å². The van der Waals surface area contributed by atoms with Gasteiger partial charge in [0.15, 0.2) is 6.17 Å². The van der Waals surface area contributed by atoms with Gasteiger partial charge in [0.2, 0.25) is 0 Å². The number of fused-ring (bicyclic) bond motifs is 1. The predicted molar refractivity (Wildman–Crippen MR) is 123 cm³/mol. The minimum Gasteiger partial charge on any atom is -0.478 e. The predicted octanol–water partition coefficient (Wildman–Crippen LogP) is 3.38. The van der Waals surface area contributed by atoms with Crippen molar-refractivity contribution in [3.63, 3.8) is 0 Å². The van der Waals surface area contributed by atoms with Gasteiger partial charge in [-0.05, 0) is 56.8 Å². The summed E-state index contributed by atoms with van der Waals surface area (Å²) in [4.78, 5) is 39.1. The third-order valence-electron chi connectivity index (χ3n) is 5.66. The minimum atomic E-state index is -1.10. The molecule has 31 heavy (non-hydrogen) atoms. The lowest BCUT2D eigenvalue weighted by Gasteiger charge is -2.30. The summed E-state index contributed by atoms with van der Waals surface area (Å²) in [6, 6.07) is 5.44. The van der Waals surface area contributed by atoms with Crippen LogP contribution in [0.25, 0.3) is 11.6 Å². The van der Waals surface area contributed by atoms with Crippen molar-refractivity contribution in [3.8, 4) is 0 Å². The Hall–Kier alpha value is -2.91. The maximum atomic E-state index is 12.7. The van der Waals surface area contributed by atoms with E-state index in [0.29, 0.717) is 46.9 Å². The smallest absolute Gasteiger partial charge is 0.337 e. The first-order valence-electron chi connectivity index (χ1n) is 9.93. The topological polar surface area (TPSA) is 118 Å². The molecule has 1 aliphatic heterocycles. The number of carboxylic acids is 1. The number of nitrogens with one attached hydrogen (secondary N) is 1. The van der Waals surface area contributed by atoms with Crippen LogP contribution in [0.5, 0.6) is 0 Å². The zero-order valence-corrected chi connectivity index (χ0v) is 19.4. The second-order valence-corrected chi connectivity index (χ2v) is 8.26. The van der Waals surface area contributed by atoms with E-state index in [1.165, 1.54) is 0 Å². The lowest BCUT2D eigenvalue weighted by atomic mass is 10.0. The van der Waals surface area contributed by atoms with Gasteiger partial charge in [0.25, 0.3) is 11.8 Å². The van der Waals surface area contributed by atoms with Crippen molar-refractivity contribution >= 4 is 51.1 Å². The number of primary amides is 1. The molecule has 1 unspecified atom stereocenters. The highest BCUT2D eigenvalue weighted by molar-refractivity contribution is 9.10. The zero-order chi connectivity index (χ0) is 23.0. The van der Waals surface area contributed by atoms with Crippen LogP contribution in [0.2, 0.25) is 0 Å². The fraction of sp³-hybridized carbons (Fsp3) is 0.318. The van der Waals surface area contributed by atoms with Crippen molar-refractivity contribution < 1.29 is 19.5 Å². The number of aromatic nitrogens is 1. The monoisotopic (exact) mass is 488 g/mol. The van der Waals surface area contributed by atoms with E-state index in [2.05, 4.69) is 21.2 Å². The molecule has 9 heteroatoms. The second kappa shape index (κ2) is 8.68. The van der Waals surface area contributed by atoms with Crippen LogP contribution in [0, 0.1) is 13.8 Å². The van der Waals surface area contributed by atoms with Crippen LogP contribution < -0.4 is 11.1 Å². The minimum absolute atomic E-state index is 0.0955. The lowest BCUT2D eigenvalue weighted by molar-refractivity contribution is -0.126. The number of hydrogen-bond donors (Lipinski definition) is 3. The summed E-state index contributed by atoms with van der Waals surface area (Å²) < 4.78 is 2.44. The Kier molecular flexibility index (Phi) is 6.38. The van der Waals surface area contributed by atoms with Gasteiger partial charge in [0.1, 0.15) is 0 Å². The van der Waals surface area contributed by atoms with E-state index in [9.17, 15) is 19.5 Å². The van der Waals surface area contributed by atoms with E-state index < -0.39 is 18.0 Å². The summed E-state index contributed by atoms with van der Waals surface area (Å²) in [5.41, 5.74) is 8.94. The number of halogens is 1. The molecular formula is C22H25BrN4O4. The number of aromatic carboxylic acids is 1. The first-order chi connectivity index (χ1) is 14.6. The van der Waals surface area contributed by atoms with Gasteiger partial charge in [-0.25, -0.2) is 4.79 Å². The van der Waals surface area contributed by atoms with Crippen molar-refractivity contribution in [3.05, 3.63) is 50.8 Å². The fourth-order valence-electron chi connectivity index (χ4n) is 4.17. The number of benzene rings is 1. The van der Waals surface area contributed by atoms with Gasteiger partial charge in [-0.15, -0.1) is 0 Å². The standard InChI is InChI=1S/C22H25BrN4O4/c1-5-26(6-2)21(19(24)28)27-12(4)18(22(30)31)11(3)17(27)10-15-14-9-13(23)7-8-16(14)25-20(15)29/h7-10,21H,5-6H2,1-4H3,(H2,24,28)(H,25,29)(H,30,31). The number of carbonyl (C=O) groups is 3. The average molecular weight is 489 g/mol. The molecule has 1 aromatic heterocycles. The summed E-state index contributed by atoms with van der Waals surface area (Å²) in [5, 5.41) is 12.6. The normalized spacial score (nSPS) is 15.3. The molecule has 1 aromatic carbocycles. The highest BCUT2D eigenvalue weighted by atomic mass is 79.9. The van der Waals surface area contributed by atoms with Gasteiger partial charge >= 0.3 is 5.97 Å². The number of likely N-dealkylation sites (N-methyl/N-ethyl adjacent to an activating group) is 1. The van der Waals surface area contributed by atoms with Crippen LogP contribution in [-0.2, 0) is 9.59 Å². The molecule has 0 radical (unpaired) electrons. The molecule has 8 nitrogen and oxygen atoms in total. The molecule has 1 atom stereocenters. The summed E-state index contributed by atoms with van der Waals surface area (Å²) in [7, 11) is 0. The van der Waals surface area contributed by atoms with Crippen LogP contribution in [0.3, 0.4) is 0 Å². The van der Waals surface area contributed by atoms with Crippen LogP contribution in [0.1, 0.15) is 52.9 Å². The Bertz CT molecular complexity index is 1120. The van der Waals surface area contributed by atoms with Gasteiger partial charge < -0.3 is 20.7 Å². The molecule has 0 spiro atoms. The van der Waals surface area contributed by atoms with Gasteiger partial charge in [-0.2, -0.15) is 0 Å². The first kappa shape index (κ1) is 22.8. The molecule has 0 aliphatic carbocycles. The number of rotatable bonds is 7. The van der Waals surface area contributed by atoms with E-state index in [4.69, 9.17) is 5.73 Å². The van der Waals surface area contributed by atoms with Crippen molar-refractivity contribution in [1.29, 1.82) is 0 Å². The van der Waals surface area contributed by atoms with E-state index in [-0.39, 0.29) is 11.5 Å². The highest BCUT2D eigenvalue weighted by Crippen LogP contribution is 2.37. The number of nitrogens with two attached hydrogens (primary N) is 1. The molecule has 0 saturated carbocycles. The number of amides is 2. The Morgan fingerprint density at radius 2 is 1.94 bits per heavy atom. The molecule has 2 aromatic rings. The van der Waals surface area contributed by atoms with E-state index in [0.717, 1.165) is 4.47 Å². The third kappa shape index (κ3) is 3.90. The van der Waals surface area contributed by atoms with Crippen LogP contribution in [-0.4, -0.2) is 45.4 Å². The lowest BCUT2D eigenvalue weighted by Crippen LogP contribution is -2.42. The SMILES string of the molecule is CCN(CC)C(C(N)=O)n1c(C)c(C(=O)O)c(C)c1C=C1C(=O)Nc2ccc(Br)cc21. The fourth-order valence-corrected chi connectivity index (χ4v) is 4.53. The van der Waals surface area contributed by atoms with Gasteiger partial charge in [-0.1, -0.05) is 29.8 Å². The molecular weight excluding hydrogens is 464 g/mol. The third-order valence-corrected chi connectivity index (χ3v) is 6.15. The summed E-state index contributed by atoms with van der Waals surface area (Å²) in [5.74, 6) is -2.00. The summed E-state index contributed by atoms with van der Waals surface area (Å²) in [6.07, 6.45) is 0.752. The Morgan fingerprint density at radius 3 is 2.48 bits per heavy atom. The Morgan fingerprint density at radius 1 is 1.29 bits per heavy atom. The van der Waals surface area contributed by atoms with E-state index >= 15 is 0 Å². The average Bonchev–Trinajstić information content (AvgIpc) is 3.13. The number of hydrogen-bond acceptors (Lipinski definition) is 4. The molecule has 2 amide bonds. The maximum Gasteiger partial charge on any atom is 0.337 e.